The number of fused-ring (bicyclic) bond motifs is 1. The molecule has 1 aliphatic carbocycles. The predicted octanol–water partition coefficient (Wildman–Crippen LogP) is 5.81. The van der Waals surface area contributed by atoms with Crippen molar-refractivity contribution in [2.75, 3.05) is 6.61 Å². The number of carbonyl (C=O) groups is 2. The number of hydrogen-bond donors (Lipinski definition) is 1. The summed E-state index contributed by atoms with van der Waals surface area (Å²) in [7, 11) is 0. The third-order valence-corrected chi connectivity index (χ3v) is 4.87. The maximum atomic E-state index is 12.0. The molecule has 0 saturated heterocycles. The van der Waals surface area contributed by atoms with Crippen molar-refractivity contribution in [2.45, 2.75) is 71.1 Å². The van der Waals surface area contributed by atoms with Crippen molar-refractivity contribution in [1.82, 2.24) is 0 Å². The van der Waals surface area contributed by atoms with Crippen molar-refractivity contribution in [2.24, 2.45) is 0 Å². The minimum absolute atomic E-state index is 0.174. The van der Waals surface area contributed by atoms with Crippen LogP contribution < -0.4 is 4.74 Å². The first-order valence-electron chi connectivity index (χ1n) is 9.89. The summed E-state index contributed by atoms with van der Waals surface area (Å²) in [5.74, 6) is -0.259. The van der Waals surface area contributed by atoms with Crippen molar-refractivity contribution in [1.29, 1.82) is 0 Å². The molecule has 0 saturated carbocycles. The molecule has 1 aromatic rings. The molecule has 0 bridgehead atoms. The number of ketones is 2. The van der Waals surface area contributed by atoms with Gasteiger partial charge in [-0.05, 0) is 24.6 Å². The van der Waals surface area contributed by atoms with Gasteiger partial charge < -0.3 is 9.84 Å². The highest BCUT2D eigenvalue weighted by Crippen LogP contribution is 2.29. The van der Waals surface area contributed by atoms with E-state index in [2.05, 4.69) is 6.92 Å². The molecule has 1 aromatic carbocycles. The Labute approximate surface area is 156 Å². The van der Waals surface area contributed by atoms with Gasteiger partial charge in [0.15, 0.2) is 0 Å². The second-order valence-electron chi connectivity index (χ2n) is 6.94. The van der Waals surface area contributed by atoms with E-state index in [0.29, 0.717) is 29.7 Å². The fourth-order valence-corrected chi connectivity index (χ4v) is 3.29. The summed E-state index contributed by atoms with van der Waals surface area (Å²) >= 11 is 0. The molecular formula is C22H30O4. The van der Waals surface area contributed by atoms with Gasteiger partial charge in [0.05, 0.1) is 12.9 Å². The molecule has 0 aliphatic heterocycles. The molecule has 0 spiro atoms. The Morgan fingerprint density at radius 2 is 1.42 bits per heavy atom. The number of aliphatic hydroxyl groups is 1. The van der Waals surface area contributed by atoms with Crippen LogP contribution in [0.25, 0.3) is 0 Å². The first kappa shape index (κ1) is 20.2. The van der Waals surface area contributed by atoms with E-state index in [-0.39, 0.29) is 5.57 Å². The third kappa shape index (κ3) is 5.45. The topological polar surface area (TPSA) is 63.6 Å². The summed E-state index contributed by atoms with van der Waals surface area (Å²) in [6, 6.07) is 4.91. The van der Waals surface area contributed by atoms with Crippen molar-refractivity contribution in [3.05, 3.63) is 41.2 Å². The van der Waals surface area contributed by atoms with Gasteiger partial charge in [-0.25, -0.2) is 0 Å². The maximum absolute atomic E-state index is 12.0. The molecule has 1 aliphatic rings. The zero-order valence-electron chi connectivity index (χ0n) is 15.8. The van der Waals surface area contributed by atoms with E-state index in [1.54, 1.807) is 18.2 Å². The van der Waals surface area contributed by atoms with Crippen molar-refractivity contribution < 1.29 is 19.4 Å². The Bertz CT molecular complexity index is 646. The lowest BCUT2D eigenvalue weighted by Gasteiger charge is -2.07. The molecule has 4 heteroatoms. The molecule has 26 heavy (non-hydrogen) atoms. The number of Topliss-reactive ketones (excluding diaryl/α,β-unsaturated/α-hetero) is 2. The van der Waals surface area contributed by atoms with Gasteiger partial charge in [0.25, 0.3) is 0 Å². The lowest BCUT2D eigenvalue weighted by molar-refractivity contribution is 0.0984. The predicted molar refractivity (Wildman–Crippen MR) is 103 cm³/mol. The van der Waals surface area contributed by atoms with Gasteiger partial charge in [-0.1, -0.05) is 64.7 Å². The van der Waals surface area contributed by atoms with Gasteiger partial charge >= 0.3 is 0 Å². The average Bonchev–Trinajstić information content (AvgIpc) is 2.89. The summed E-state index contributed by atoms with van der Waals surface area (Å²) in [6.45, 7) is 2.85. The standard InChI is InChI=1S/C22H30O4/c1-2-3-4-5-6-7-8-9-10-11-14-26-17-12-13-18-19(15-17)22(25)20(16-23)21(18)24/h12-13,15-16,23H,2-11,14H2,1H3/b20-16+. The Balaban J connectivity index is 1.62. The molecule has 1 N–H and O–H groups in total. The average molecular weight is 358 g/mol. The van der Waals surface area contributed by atoms with Crippen molar-refractivity contribution in [3.8, 4) is 5.75 Å². The highest BCUT2D eigenvalue weighted by atomic mass is 16.5. The van der Waals surface area contributed by atoms with Crippen LogP contribution in [0.4, 0.5) is 0 Å². The number of rotatable bonds is 12. The fourth-order valence-electron chi connectivity index (χ4n) is 3.29. The first-order chi connectivity index (χ1) is 12.7. The number of hydrogen-bond acceptors (Lipinski definition) is 4. The maximum Gasteiger partial charge on any atom is 0.200 e. The van der Waals surface area contributed by atoms with Gasteiger partial charge in [0.1, 0.15) is 11.3 Å². The van der Waals surface area contributed by atoms with Crippen LogP contribution in [0.2, 0.25) is 0 Å². The highest BCUT2D eigenvalue weighted by Gasteiger charge is 2.33. The van der Waals surface area contributed by atoms with Crippen LogP contribution in [0, 0.1) is 0 Å². The lowest BCUT2D eigenvalue weighted by atomic mass is 10.1. The normalized spacial score (nSPS) is 14.9. The van der Waals surface area contributed by atoms with Gasteiger partial charge in [0.2, 0.25) is 11.6 Å². The number of ether oxygens (including phenoxy) is 1. The van der Waals surface area contributed by atoms with Gasteiger partial charge in [-0.2, -0.15) is 0 Å². The molecule has 4 nitrogen and oxygen atoms in total. The van der Waals surface area contributed by atoms with E-state index in [1.165, 1.54) is 51.4 Å². The summed E-state index contributed by atoms with van der Waals surface area (Å²) in [6.07, 6.45) is 13.3. The van der Waals surface area contributed by atoms with Gasteiger partial charge in [-0.15, -0.1) is 0 Å². The number of allylic oxidation sites excluding steroid dienone is 1. The van der Waals surface area contributed by atoms with E-state index >= 15 is 0 Å². The second-order valence-corrected chi connectivity index (χ2v) is 6.94. The monoisotopic (exact) mass is 358 g/mol. The van der Waals surface area contributed by atoms with Crippen molar-refractivity contribution in [3.63, 3.8) is 0 Å². The largest absolute Gasteiger partial charge is 0.515 e. The Kier molecular flexibility index (Phi) is 8.39. The van der Waals surface area contributed by atoms with Crippen LogP contribution in [0.15, 0.2) is 30.0 Å². The minimum Gasteiger partial charge on any atom is -0.515 e. The van der Waals surface area contributed by atoms with E-state index < -0.39 is 11.6 Å². The Morgan fingerprint density at radius 1 is 0.846 bits per heavy atom. The summed E-state index contributed by atoms with van der Waals surface area (Å²) in [5.41, 5.74) is 0.476. The molecule has 0 radical (unpaired) electrons. The van der Waals surface area contributed by atoms with E-state index in [0.717, 1.165) is 12.8 Å². The third-order valence-electron chi connectivity index (χ3n) is 4.87. The van der Waals surface area contributed by atoms with Crippen LogP contribution in [-0.4, -0.2) is 23.3 Å². The molecule has 0 aromatic heterocycles. The van der Waals surface area contributed by atoms with Crippen LogP contribution in [0.3, 0.4) is 0 Å². The molecule has 142 valence electrons. The molecule has 0 atom stereocenters. The van der Waals surface area contributed by atoms with E-state index in [9.17, 15) is 9.59 Å². The second kappa shape index (κ2) is 10.8. The Morgan fingerprint density at radius 3 is 2.04 bits per heavy atom. The SMILES string of the molecule is CCCCCCCCCCCCOc1ccc2c(c1)C(=O)/C(=C/O)C2=O. The van der Waals surface area contributed by atoms with Gasteiger partial charge in [-0.3, -0.25) is 9.59 Å². The molecule has 0 heterocycles. The van der Waals surface area contributed by atoms with Crippen LogP contribution >= 0.6 is 0 Å². The summed E-state index contributed by atoms with van der Waals surface area (Å²) in [5, 5.41) is 9.03. The molecule has 2 rings (SSSR count). The molecular weight excluding hydrogens is 328 g/mol. The van der Waals surface area contributed by atoms with E-state index in [1.807, 2.05) is 0 Å². The zero-order chi connectivity index (χ0) is 18.8. The van der Waals surface area contributed by atoms with Crippen LogP contribution in [0.5, 0.6) is 5.75 Å². The molecule has 0 unspecified atom stereocenters. The summed E-state index contributed by atoms with van der Waals surface area (Å²) in [4.78, 5) is 24.0. The Hall–Kier alpha value is -2.10. The number of benzene rings is 1. The number of carbonyl (C=O) groups excluding carboxylic acids is 2. The number of unbranched alkanes of at least 4 members (excludes halogenated alkanes) is 9. The fraction of sp³-hybridized carbons (Fsp3) is 0.545. The van der Waals surface area contributed by atoms with Crippen LogP contribution in [0.1, 0.15) is 91.8 Å². The van der Waals surface area contributed by atoms with Crippen molar-refractivity contribution >= 4 is 11.6 Å². The molecule has 0 amide bonds. The molecule has 0 fully saturated rings. The highest BCUT2D eigenvalue weighted by molar-refractivity contribution is 6.39. The zero-order valence-corrected chi connectivity index (χ0v) is 15.8. The van der Waals surface area contributed by atoms with E-state index in [4.69, 9.17) is 9.84 Å². The quantitative estimate of drug-likeness (QED) is 0.222. The number of aliphatic hydroxyl groups excluding tert-OH is 1. The summed E-state index contributed by atoms with van der Waals surface area (Å²) < 4.78 is 5.71. The lowest BCUT2D eigenvalue weighted by Crippen LogP contribution is -2.00. The van der Waals surface area contributed by atoms with Gasteiger partial charge in [0, 0.05) is 11.1 Å². The minimum atomic E-state index is -0.433. The first-order valence-corrected chi connectivity index (χ1v) is 9.89. The van der Waals surface area contributed by atoms with Crippen LogP contribution in [-0.2, 0) is 0 Å². The smallest absolute Gasteiger partial charge is 0.200 e.